The Bertz CT molecular complexity index is 306. The summed E-state index contributed by atoms with van der Waals surface area (Å²) in [5.74, 6) is -3.24. The van der Waals surface area contributed by atoms with Crippen molar-refractivity contribution >= 4 is 11.9 Å². The first-order valence-electron chi connectivity index (χ1n) is 5.72. The molecule has 0 aliphatic heterocycles. The third-order valence-corrected chi connectivity index (χ3v) is 2.32. The van der Waals surface area contributed by atoms with Crippen LogP contribution in [0.4, 0.5) is 0 Å². The third kappa shape index (κ3) is 4.43. The van der Waals surface area contributed by atoms with Gasteiger partial charge >= 0.3 is 11.9 Å². The van der Waals surface area contributed by atoms with E-state index in [4.69, 9.17) is 14.7 Å². The largest absolute Gasteiger partial charge is 0.466 e. The van der Waals surface area contributed by atoms with Crippen LogP contribution in [0.1, 0.15) is 27.7 Å². The second kappa shape index (κ2) is 7.66. The first-order valence-corrected chi connectivity index (χ1v) is 5.72. The molecule has 0 rings (SSSR count). The van der Waals surface area contributed by atoms with Crippen LogP contribution in [0.25, 0.3) is 0 Å². The van der Waals surface area contributed by atoms with Crippen molar-refractivity contribution in [1.29, 1.82) is 5.26 Å². The monoisotopic (exact) mass is 241 g/mol. The topological polar surface area (TPSA) is 76.4 Å². The van der Waals surface area contributed by atoms with Crippen molar-refractivity contribution in [2.45, 2.75) is 27.7 Å². The summed E-state index contributed by atoms with van der Waals surface area (Å²) in [6, 6.07) is 1.83. The molecular formula is C12H19NO4. The minimum Gasteiger partial charge on any atom is -0.466 e. The fourth-order valence-electron chi connectivity index (χ4n) is 1.54. The zero-order valence-electron chi connectivity index (χ0n) is 10.7. The van der Waals surface area contributed by atoms with Crippen LogP contribution in [0.3, 0.4) is 0 Å². The van der Waals surface area contributed by atoms with Crippen LogP contribution in [0, 0.1) is 29.1 Å². The standard InChI is InChI=1S/C12H19NO4/c1-5-16-11(14)9(7-13)10(8(3)4)12(15)17-6-2/h8-10H,5-6H2,1-4H3. The Morgan fingerprint density at radius 1 is 1.12 bits per heavy atom. The van der Waals surface area contributed by atoms with Gasteiger partial charge in [0.25, 0.3) is 0 Å². The van der Waals surface area contributed by atoms with E-state index in [1.165, 1.54) is 0 Å². The molecule has 5 nitrogen and oxygen atoms in total. The second-order valence-electron chi connectivity index (χ2n) is 3.88. The zero-order valence-corrected chi connectivity index (χ0v) is 10.7. The molecule has 0 radical (unpaired) electrons. The number of nitrogens with zero attached hydrogens (tertiary/aromatic N) is 1. The van der Waals surface area contributed by atoms with Crippen molar-refractivity contribution in [2.24, 2.45) is 17.8 Å². The molecule has 0 N–H and O–H groups in total. The molecule has 0 aliphatic carbocycles. The quantitative estimate of drug-likeness (QED) is 0.659. The van der Waals surface area contributed by atoms with Crippen LogP contribution in [-0.4, -0.2) is 25.2 Å². The van der Waals surface area contributed by atoms with Crippen LogP contribution in [0.2, 0.25) is 0 Å². The number of ether oxygens (including phenoxy) is 2. The molecule has 5 heteroatoms. The molecule has 0 aliphatic rings. The molecule has 2 atom stereocenters. The summed E-state index contributed by atoms with van der Waals surface area (Å²) < 4.78 is 9.66. The second-order valence-corrected chi connectivity index (χ2v) is 3.88. The SMILES string of the molecule is CCOC(=O)C(C#N)C(C(=O)OCC)C(C)C. The van der Waals surface area contributed by atoms with E-state index in [-0.39, 0.29) is 19.1 Å². The molecule has 0 heterocycles. The van der Waals surface area contributed by atoms with Crippen molar-refractivity contribution in [2.75, 3.05) is 13.2 Å². The van der Waals surface area contributed by atoms with Crippen molar-refractivity contribution in [1.82, 2.24) is 0 Å². The van der Waals surface area contributed by atoms with E-state index >= 15 is 0 Å². The number of carbonyl (C=O) groups is 2. The van der Waals surface area contributed by atoms with Gasteiger partial charge in [-0.3, -0.25) is 9.59 Å². The molecule has 2 unspecified atom stereocenters. The van der Waals surface area contributed by atoms with Gasteiger partial charge in [-0.1, -0.05) is 13.8 Å². The fraction of sp³-hybridized carbons (Fsp3) is 0.750. The van der Waals surface area contributed by atoms with Gasteiger partial charge in [0.05, 0.1) is 25.2 Å². The van der Waals surface area contributed by atoms with Gasteiger partial charge in [-0.15, -0.1) is 0 Å². The van der Waals surface area contributed by atoms with Gasteiger partial charge in [-0.2, -0.15) is 5.26 Å². The number of hydrogen-bond donors (Lipinski definition) is 0. The molecule has 0 aromatic carbocycles. The van der Waals surface area contributed by atoms with Gasteiger partial charge in [0.15, 0.2) is 5.92 Å². The van der Waals surface area contributed by atoms with E-state index in [9.17, 15) is 9.59 Å². The zero-order chi connectivity index (χ0) is 13.4. The number of carbonyl (C=O) groups excluding carboxylic acids is 2. The molecule has 0 bridgehead atoms. The Kier molecular flexibility index (Phi) is 6.95. The van der Waals surface area contributed by atoms with Gasteiger partial charge in [-0.25, -0.2) is 0 Å². The number of nitriles is 1. The van der Waals surface area contributed by atoms with E-state index < -0.39 is 23.8 Å². The maximum absolute atomic E-state index is 11.7. The van der Waals surface area contributed by atoms with Crippen molar-refractivity contribution < 1.29 is 19.1 Å². The van der Waals surface area contributed by atoms with Gasteiger partial charge in [0.2, 0.25) is 0 Å². The highest BCUT2D eigenvalue weighted by molar-refractivity contribution is 5.84. The molecule has 0 saturated heterocycles. The molecule has 0 amide bonds. The van der Waals surface area contributed by atoms with Gasteiger partial charge < -0.3 is 9.47 Å². The highest BCUT2D eigenvalue weighted by Gasteiger charge is 2.38. The average Bonchev–Trinajstić information content (AvgIpc) is 2.25. The fourth-order valence-corrected chi connectivity index (χ4v) is 1.54. The van der Waals surface area contributed by atoms with E-state index in [0.29, 0.717) is 0 Å². The van der Waals surface area contributed by atoms with E-state index in [1.807, 2.05) is 6.07 Å². The van der Waals surface area contributed by atoms with Crippen molar-refractivity contribution in [3.8, 4) is 6.07 Å². The molecule has 0 saturated carbocycles. The van der Waals surface area contributed by atoms with Crippen LogP contribution in [0.5, 0.6) is 0 Å². The van der Waals surface area contributed by atoms with Crippen LogP contribution in [0.15, 0.2) is 0 Å². The Morgan fingerprint density at radius 2 is 1.59 bits per heavy atom. The lowest BCUT2D eigenvalue weighted by atomic mass is 9.84. The summed E-state index contributed by atoms with van der Waals surface area (Å²) in [5, 5.41) is 9.00. The van der Waals surface area contributed by atoms with Gasteiger partial charge in [-0.05, 0) is 19.8 Å². The van der Waals surface area contributed by atoms with E-state index in [1.54, 1.807) is 27.7 Å². The van der Waals surface area contributed by atoms with Crippen LogP contribution in [-0.2, 0) is 19.1 Å². The lowest BCUT2D eigenvalue weighted by Gasteiger charge is -2.22. The summed E-state index contributed by atoms with van der Waals surface area (Å²) in [4.78, 5) is 23.3. The summed E-state index contributed by atoms with van der Waals surface area (Å²) in [7, 11) is 0. The Labute approximate surface area is 102 Å². The maximum Gasteiger partial charge on any atom is 0.324 e. The molecule has 17 heavy (non-hydrogen) atoms. The summed E-state index contributed by atoms with van der Waals surface area (Å²) >= 11 is 0. The molecule has 0 aromatic rings. The summed E-state index contributed by atoms with van der Waals surface area (Å²) in [6.07, 6.45) is 0. The Balaban J connectivity index is 4.95. The van der Waals surface area contributed by atoms with Crippen LogP contribution < -0.4 is 0 Å². The third-order valence-electron chi connectivity index (χ3n) is 2.32. The highest BCUT2D eigenvalue weighted by Crippen LogP contribution is 2.23. The Morgan fingerprint density at radius 3 is 1.94 bits per heavy atom. The van der Waals surface area contributed by atoms with Gasteiger partial charge in [0.1, 0.15) is 0 Å². The predicted molar refractivity (Wildman–Crippen MR) is 60.7 cm³/mol. The number of rotatable bonds is 6. The number of hydrogen-bond acceptors (Lipinski definition) is 5. The lowest BCUT2D eigenvalue weighted by molar-refractivity contribution is -0.159. The normalized spacial score (nSPS) is 13.6. The van der Waals surface area contributed by atoms with Crippen molar-refractivity contribution in [3.05, 3.63) is 0 Å². The predicted octanol–water partition coefficient (Wildman–Crippen LogP) is 1.52. The van der Waals surface area contributed by atoms with Crippen molar-refractivity contribution in [3.63, 3.8) is 0 Å². The van der Waals surface area contributed by atoms with E-state index in [0.717, 1.165) is 0 Å². The highest BCUT2D eigenvalue weighted by atomic mass is 16.5. The molecule has 0 aromatic heterocycles. The minimum atomic E-state index is -1.10. The smallest absolute Gasteiger partial charge is 0.324 e. The maximum atomic E-state index is 11.7. The first-order chi connectivity index (χ1) is 7.99. The summed E-state index contributed by atoms with van der Waals surface area (Å²) in [5.41, 5.74) is 0. The number of esters is 2. The first kappa shape index (κ1) is 15.4. The lowest BCUT2D eigenvalue weighted by Crippen LogP contribution is -2.35. The van der Waals surface area contributed by atoms with Gasteiger partial charge in [0, 0.05) is 0 Å². The summed E-state index contributed by atoms with van der Waals surface area (Å²) in [6.45, 7) is 7.28. The average molecular weight is 241 g/mol. The molecule has 96 valence electrons. The van der Waals surface area contributed by atoms with Crippen LogP contribution >= 0.6 is 0 Å². The minimum absolute atomic E-state index is 0.164. The molecule has 0 spiro atoms. The molecule has 0 fully saturated rings. The Hall–Kier alpha value is -1.57. The molecular weight excluding hydrogens is 222 g/mol. The van der Waals surface area contributed by atoms with E-state index in [2.05, 4.69) is 0 Å².